The maximum absolute atomic E-state index is 12.4. The molecule has 2 aromatic rings. The molecule has 0 atom stereocenters. The summed E-state index contributed by atoms with van der Waals surface area (Å²) in [5.74, 6) is -0.306. The van der Waals surface area contributed by atoms with Crippen molar-refractivity contribution in [1.82, 2.24) is 4.98 Å². The van der Waals surface area contributed by atoms with Crippen molar-refractivity contribution >= 4 is 34.7 Å². The zero-order valence-electron chi connectivity index (χ0n) is 11.3. The van der Waals surface area contributed by atoms with Gasteiger partial charge in [-0.25, -0.2) is 4.90 Å². The monoisotopic (exact) mass is 296 g/mol. The second-order valence-corrected chi connectivity index (χ2v) is 5.55. The number of aromatic nitrogens is 1. The van der Waals surface area contributed by atoms with Crippen LogP contribution in [0.15, 0.2) is 53.4 Å². The minimum absolute atomic E-state index is 0.287. The molecule has 0 saturated carbocycles. The molecule has 1 aliphatic rings. The highest BCUT2D eigenvalue weighted by Gasteiger charge is 2.36. The van der Waals surface area contributed by atoms with Crippen LogP contribution in [0.5, 0.6) is 0 Å². The first kappa shape index (κ1) is 13.6. The Balaban J connectivity index is 1.94. The van der Waals surface area contributed by atoms with Crippen LogP contribution < -0.4 is 4.90 Å². The van der Waals surface area contributed by atoms with E-state index >= 15 is 0 Å². The molecule has 104 valence electrons. The van der Waals surface area contributed by atoms with Crippen LogP contribution in [0.3, 0.4) is 0 Å². The first-order chi connectivity index (χ1) is 10.1. The van der Waals surface area contributed by atoms with E-state index in [-0.39, 0.29) is 11.1 Å². The maximum atomic E-state index is 12.4. The van der Waals surface area contributed by atoms with Crippen molar-refractivity contribution in [2.75, 3.05) is 4.90 Å². The first-order valence-corrected chi connectivity index (χ1v) is 7.23. The van der Waals surface area contributed by atoms with E-state index < -0.39 is 0 Å². The smallest absolute Gasteiger partial charge is 0.268 e. The highest BCUT2D eigenvalue weighted by Crippen LogP contribution is 2.35. The normalized spacial score (nSPS) is 16.8. The predicted molar refractivity (Wildman–Crippen MR) is 83.9 cm³/mol. The molecule has 1 saturated heterocycles. The van der Waals surface area contributed by atoms with Gasteiger partial charge in [0.15, 0.2) is 0 Å². The van der Waals surface area contributed by atoms with Crippen molar-refractivity contribution < 1.29 is 9.59 Å². The van der Waals surface area contributed by atoms with Gasteiger partial charge in [0, 0.05) is 5.69 Å². The zero-order chi connectivity index (χ0) is 14.8. The molecule has 0 radical (unpaired) electrons. The number of nitrogens with zero attached hydrogens (tertiary/aromatic N) is 2. The van der Waals surface area contributed by atoms with Crippen molar-refractivity contribution in [3.63, 3.8) is 0 Å². The molecule has 2 amide bonds. The van der Waals surface area contributed by atoms with Crippen LogP contribution in [0.25, 0.3) is 6.08 Å². The van der Waals surface area contributed by atoms with E-state index in [4.69, 9.17) is 0 Å². The third kappa shape index (κ3) is 2.73. The standard InChI is InChI=1S/C16H12N2O2S/c1-11-6-5-7-12(17-11)10-14-15(19)18(16(20)21-14)13-8-3-2-4-9-13/h2-10H,1H3. The number of aryl methyl sites for hydroxylation is 1. The number of anilines is 1. The fourth-order valence-electron chi connectivity index (χ4n) is 2.05. The molecule has 0 bridgehead atoms. The maximum Gasteiger partial charge on any atom is 0.298 e. The molecule has 0 aliphatic carbocycles. The first-order valence-electron chi connectivity index (χ1n) is 6.42. The van der Waals surface area contributed by atoms with E-state index in [1.807, 2.05) is 31.2 Å². The van der Waals surface area contributed by atoms with E-state index in [9.17, 15) is 9.59 Å². The average molecular weight is 296 g/mol. The molecule has 0 spiro atoms. The van der Waals surface area contributed by atoms with E-state index in [2.05, 4.69) is 4.98 Å². The van der Waals surface area contributed by atoms with Crippen molar-refractivity contribution in [1.29, 1.82) is 0 Å². The highest BCUT2D eigenvalue weighted by atomic mass is 32.2. The second kappa shape index (κ2) is 5.54. The summed E-state index contributed by atoms with van der Waals surface area (Å²) in [5.41, 5.74) is 2.13. The Morgan fingerprint density at radius 3 is 2.52 bits per heavy atom. The third-order valence-electron chi connectivity index (χ3n) is 3.00. The summed E-state index contributed by atoms with van der Waals surface area (Å²) in [6, 6.07) is 14.5. The van der Waals surface area contributed by atoms with Gasteiger partial charge in [0.05, 0.1) is 16.3 Å². The largest absolute Gasteiger partial charge is 0.298 e. The number of carbonyl (C=O) groups excluding carboxylic acids is 2. The SMILES string of the molecule is Cc1cccc(C=C2SC(=O)N(c3ccccc3)C2=O)n1. The summed E-state index contributed by atoms with van der Waals surface area (Å²) < 4.78 is 0. The molecule has 1 aromatic carbocycles. The van der Waals surface area contributed by atoms with Crippen molar-refractivity contribution in [3.05, 3.63) is 64.8 Å². The number of thioether (sulfide) groups is 1. The van der Waals surface area contributed by atoms with Gasteiger partial charge in [-0.2, -0.15) is 0 Å². The lowest BCUT2D eigenvalue weighted by Crippen LogP contribution is -2.27. The number of pyridine rings is 1. The molecular weight excluding hydrogens is 284 g/mol. The lowest BCUT2D eigenvalue weighted by atomic mass is 10.2. The van der Waals surface area contributed by atoms with Gasteiger partial charge in [-0.1, -0.05) is 24.3 Å². The summed E-state index contributed by atoms with van der Waals surface area (Å²) in [7, 11) is 0. The number of imide groups is 1. The van der Waals surface area contributed by atoms with Crippen molar-refractivity contribution in [3.8, 4) is 0 Å². The third-order valence-corrected chi connectivity index (χ3v) is 3.87. The summed E-state index contributed by atoms with van der Waals surface area (Å²) in [6.07, 6.45) is 1.65. The van der Waals surface area contributed by atoms with E-state index in [1.54, 1.807) is 30.3 Å². The Morgan fingerprint density at radius 2 is 1.81 bits per heavy atom. The fraction of sp³-hybridized carbons (Fsp3) is 0.0625. The number of amides is 2. The molecule has 1 fully saturated rings. The molecule has 1 aliphatic heterocycles. The Labute approximate surface area is 126 Å². The lowest BCUT2D eigenvalue weighted by molar-refractivity contribution is -0.113. The quantitative estimate of drug-likeness (QED) is 0.794. The van der Waals surface area contributed by atoms with Gasteiger partial charge in [0.25, 0.3) is 11.1 Å². The van der Waals surface area contributed by atoms with Gasteiger partial charge in [-0.3, -0.25) is 14.6 Å². The summed E-state index contributed by atoms with van der Waals surface area (Å²) in [6.45, 7) is 1.88. The van der Waals surface area contributed by atoms with Gasteiger partial charge in [0.1, 0.15) is 0 Å². The second-order valence-electron chi connectivity index (χ2n) is 4.56. The minimum atomic E-state index is -0.306. The number of hydrogen-bond acceptors (Lipinski definition) is 4. The van der Waals surface area contributed by atoms with Gasteiger partial charge >= 0.3 is 0 Å². The van der Waals surface area contributed by atoms with Gasteiger partial charge in [-0.05, 0) is 49.0 Å². The molecule has 4 nitrogen and oxygen atoms in total. The van der Waals surface area contributed by atoms with Crippen LogP contribution in [0, 0.1) is 6.92 Å². The Hall–Kier alpha value is -2.40. The molecule has 5 heteroatoms. The molecular formula is C16H12N2O2S. The topological polar surface area (TPSA) is 50.3 Å². The molecule has 1 aromatic heterocycles. The van der Waals surface area contributed by atoms with Crippen LogP contribution >= 0.6 is 11.8 Å². The van der Waals surface area contributed by atoms with E-state index in [1.165, 1.54) is 4.90 Å². The molecule has 2 heterocycles. The molecule has 3 rings (SSSR count). The Kier molecular flexibility index (Phi) is 3.58. The van der Waals surface area contributed by atoms with Crippen molar-refractivity contribution in [2.45, 2.75) is 6.92 Å². The summed E-state index contributed by atoms with van der Waals surface area (Å²) in [5, 5.41) is -0.287. The van der Waals surface area contributed by atoms with Gasteiger partial charge in [0.2, 0.25) is 0 Å². The lowest BCUT2D eigenvalue weighted by Gasteiger charge is -2.11. The average Bonchev–Trinajstić information content (AvgIpc) is 2.74. The van der Waals surface area contributed by atoms with Crippen molar-refractivity contribution in [2.24, 2.45) is 0 Å². The highest BCUT2D eigenvalue weighted by molar-refractivity contribution is 8.19. The van der Waals surface area contributed by atoms with E-state index in [0.29, 0.717) is 16.3 Å². The number of hydrogen-bond donors (Lipinski definition) is 0. The van der Waals surface area contributed by atoms with Crippen LogP contribution in [0.4, 0.5) is 10.5 Å². The summed E-state index contributed by atoms with van der Waals surface area (Å²) in [4.78, 5) is 30.4. The number of benzene rings is 1. The molecule has 0 N–H and O–H groups in total. The van der Waals surface area contributed by atoms with Crippen LogP contribution in [-0.4, -0.2) is 16.1 Å². The zero-order valence-corrected chi connectivity index (χ0v) is 12.1. The van der Waals surface area contributed by atoms with Crippen LogP contribution in [0.2, 0.25) is 0 Å². The number of carbonyl (C=O) groups is 2. The number of para-hydroxylation sites is 1. The summed E-state index contributed by atoms with van der Waals surface area (Å²) >= 11 is 0.936. The minimum Gasteiger partial charge on any atom is -0.268 e. The molecule has 21 heavy (non-hydrogen) atoms. The van der Waals surface area contributed by atoms with E-state index in [0.717, 1.165) is 17.5 Å². The van der Waals surface area contributed by atoms with Crippen LogP contribution in [-0.2, 0) is 4.79 Å². The Morgan fingerprint density at radius 1 is 1.05 bits per heavy atom. The predicted octanol–water partition coefficient (Wildman–Crippen LogP) is 3.63. The Bertz CT molecular complexity index is 741. The van der Waals surface area contributed by atoms with Gasteiger partial charge in [-0.15, -0.1) is 0 Å². The van der Waals surface area contributed by atoms with Gasteiger partial charge < -0.3 is 0 Å². The molecule has 0 unspecified atom stereocenters. The number of rotatable bonds is 2. The fourth-order valence-corrected chi connectivity index (χ4v) is 2.87. The van der Waals surface area contributed by atoms with Crippen LogP contribution in [0.1, 0.15) is 11.4 Å².